The fourth-order valence-electron chi connectivity index (χ4n) is 2.61. The highest BCUT2D eigenvalue weighted by atomic mass is 16.5. The maximum atomic E-state index is 12.1. The Morgan fingerprint density at radius 1 is 1.27 bits per heavy atom. The molecule has 0 aromatic heterocycles. The van der Waals surface area contributed by atoms with Crippen LogP contribution in [0.3, 0.4) is 0 Å². The van der Waals surface area contributed by atoms with E-state index in [0.29, 0.717) is 18.7 Å². The molecule has 0 aliphatic heterocycles. The first-order chi connectivity index (χ1) is 10.6. The number of rotatable bonds is 6. The zero-order valence-electron chi connectivity index (χ0n) is 12.7. The Morgan fingerprint density at radius 2 is 2.09 bits per heavy atom. The molecule has 1 aromatic carbocycles. The van der Waals surface area contributed by atoms with Gasteiger partial charge in [0.1, 0.15) is 0 Å². The van der Waals surface area contributed by atoms with Gasteiger partial charge in [-0.25, -0.2) is 4.79 Å². The van der Waals surface area contributed by atoms with E-state index in [2.05, 4.69) is 11.4 Å². The van der Waals surface area contributed by atoms with Gasteiger partial charge in [-0.2, -0.15) is 0 Å². The summed E-state index contributed by atoms with van der Waals surface area (Å²) in [5, 5.41) is 11.9. The van der Waals surface area contributed by atoms with Gasteiger partial charge in [-0.1, -0.05) is 11.6 Å². The van der Waals surface area contributed by atoms with E-state index < -0.39 is 5.97 Å². The average molecular weight is 303 g/mol. The molecular weight excluding hydrogens is 282 g/mol. The average Bonchev–Trinajstić information content (AvgIpc) is 2.48. The highest BCUT2D eigenvalue weighted by molar-refractivity contribution is 5.95. The van der Waals surface area contributed by atoms with E-state index in [9.17, 15) is 9.59 Å². The van der Waals surface area contributed by atoms with Gasteiger partial charge in [-0.15, -0.1) is 0 Å². The molecule has 0 radical (unpaired) electrons. The molecule has 0 heterocycles. The van der Waals surface area contributed by atoms with Crippen LogP contribution in [0.15, 0.2) is 29.8 Å². The van der Waals surface area contributed by atoms with E-state index in [1.54, 1.807) is 19.2 Å². The highest BCUT2D eigenvalue weighted by Gasteiger charge is 2.12. The number of methoxy groups -OCH3 is 1. The SMILES string of the molecule is COCc1cc(NC(=O)CC2=CCCCC2)cc(C(=O)O)c1. The van der Waals surface area contributed by atoms with Crippen molar-refractivity contribution in [3.63, 3.8) is 0 Å². The van der Waals surface area contributed by atoms with Crippen LogP contribution in [0.2, 0.25) is 0 Å². The molecule has 22 heavy (non-hydrogen) atoms. The lowest BCUT2D eigenvalue weighted by atomic mass is 9.97. The molecule has 5 nitrogen and oxygen atoms in total. The van der Waals surface area contributed by atoms with Gasteiger partial charge in [0.15, 0.2) is 0 Å². The molecule has 2 N–H and O–H groups in total. The van der Waals surface area contributed by atoms with Crippen molar-refractivity contribution in [3.8, 4) is 0 Å². The van der Waals surface area contributed by atoms with Crippen LogP contribution in [0.4, 0.5) is 5.69 Å². The molecule has 0 fully saturated rings. The fourth-order valence-corrected chi connectivity index (χ4v) is 2.61. The Kier molecular flexibility index (Phi) is 5.72. The molecule has 1 aliphatic rings. The third-order valence-electron chi connectivity index (χ3n) is 3.61. The van der Waals surface area contributed by atoms with Crippen LogP contribution in [-0.2, 0) is 16.1 Å². The summed E-state index contributed by atoms with van der Waals surface area (Å²) in [6.07, 6.45) is 6.83. The summed E-state index contributed by atoms with van der Waals surface area (Å²) in [5.41, 5.74) is 2.51. The molecule has 118 valence electrons. The first-order valence-corrected chi connectivity index (χ1v) is 7.42. The Balaban J connectivity index is 2.08. The first-order valence-electron chi connectivity index (χ1n) is 7.42. The monoisotopic (exact) mass is 303 g/mol. The molecule has 2 rings (SSSR count). The summed E-state index contributed by atoms with van der Waals surface area (Å²) in [5.74, 6) is -1.14. The maximum Gasteiger partial charge on any atom is 0.335 e. The van der Waals surface area contributed by atoms with Gasteiger partial charge < -0.3 is 15.2 Å². The predicted octanol–water partition coefficient (Wildman–Crippen LogP) is 3.36. The van der Waals surface area contributed by atoms with E-state index in [1.807, 2.05) is 0 Å². The van der Waals surface area contributed by atoms with Gasteiger partial charge in [0.05, 0.1) is 12.2 Å². The smallest absolute Gasteiger partial charge is 0.335 e. The summed E-state index contributed by atoms with van der Waals surface area (Å²) < 4.78 is 5.03. The summed E-state index contributed by atoms with van der Waals surface area (Å²) in [6, 6.07) is 4.75. The van der Waals surface area contributed by atoms with Crippen molar-refractivity contribution in [1.82, 2.24) is 0 Å². The van der Waals surface area contributed by atoms with Crippen LogP contribution in [0.5, 0.6) is 0 Å². The second kappa shape index (κ2) is 7.75. The van der Waals surface area contributed by atoms with Crippen LogP contribution < -0.4 is 5.32 Å². The lowest BCUT2D eigenvalue weighted by molar-refractivity contribution is -0.115. The summed E-state index contributed by atoms with van der Waals surface area (Å²) in [6.45, 7) is 0.301. The number of ether oxygens (including phenoxy) is 1. The van der Waals surface area contributed by atoms with E-state index in [0.717, 1.165) is 30.4 Å². The molecule has 1 aliphatic carbocycles. The predicted molar refractivity (Wildman–Crippen MR) is 83.9 cm³/mol. The van der Waals surface area contributed by atoms with Crippen molar-refractivity contribution in [1.29, 1.82) is 0 Å². The molecule has 0 bridgehead atoms. The minimum absolute atomic E-state index is 0.112. The normalized spacial score (nSPS) is 14.3. The molecule has 0 saturated carbocycles. The number of hydrogen-bond acceptors (Lipinski definition) is 3. The van der Waals surface area contributed by atoms with E-state index in [4.69, 9.17) is 9.84 Å². The fraction of sp³-hybridized carbons (Fsp3) is 0.412. The van der Waals surface area contributed by atoms with Crippen molar-refractivity contribution in [2.75, 3.05) is 12.4 Å². The van der Waals surface area contributed by atoms with E-state index in [1.165, 1.54) is 12.5 Å². The van der Waals surface area contributed by atoms with Crippen molar-refractivity contribution >= 4 is 17.6 Å². The third-order valence-corrected chi connectivity index (χ3v) is 3.61. The minimum Gasteiger partial charge on any atom is -0.478 e. The van der Waals surface area contributed by atoms with Crippen LogP contribution in [-0.4, -0.2) is 24.1 Å². The molecule has 0 atom stereocenters. The molecule has 1 amide bonds. The lowest BCUT2D eigenvalue weighted by Gasteiger charge is -2.13. The van der Waals surface area contributed by atoms with Gasteiger partial charge in [-0.3, -0.25) is 4.79 Å². The van der Waals surface area contributed by atoms with Crippen molar-refractivity contribution < 1.29 is 19.4 Å². The van der Waals surface area contributed by atoms with Crippen molar-refractivity contribution in [2.24, 2.45) is 0 Å². The van der Waals surface area contributed by atoms with Gasteiger partial charge in [-0.05, 0) is 49.4 Å². The number of nitrogens with one attached hydrogen (secondary N) is 1. The van der Waals surface area contributed by atoms with E-state index in [-0.39, 0.29) is 11.5 Å². The lowest BCUT2D eigenvalue weighted by Crippen LogP contribution is -2.14. The number of carbonyl (C=O) groups is 2. The number of carboxylic acids is 1. The molecule has 5 heteroatoms. The Labute approximate surface area is 130 Å². The standard InChI is InChI=1S/C17H21NO4/c1-22-11-13-7-14(17(20)21)10-15(8-13)18-16(19)9-12-5-3-2-4-6-12/h5,7-8,10H,2-4,6,9,11H2,1H3,(H,18,19)(H,20,21). The molecule has 0 unspecified atom stereocenters. The Hall–Kier alpha value is -2.14. The summed E-state index contributed by atoms with van der Waals surface area (Å²) in [7, 11) is 1.54. The van der Waals surface area contributed by atoms with Gasteiger partial charge >= 0.3 is 5.97 Å². The Bertz CT molecular complexity index is 592. The number of amides is 1. The number of carboxylic acid groups (broad SMARTS) is 1. The summed E-state index contributed by atoms with van der Waals surface area (Å²) >= 11 is 0. The van der Waals surface area contributed by atoms with Crippen LogP contribution >= 0.6 is 0 Å². The quantitative estimate of drug-likeness (QED) is 0.790. The second-order valence-electron chi connectivity index (χ2n) is 5.49. The summed E-state index contributed by atoms with van der Waals surface area (Å²) in [4.78, 5) is 23.3. The van der Waals surface area contributed by atoms with Gasteiger partial charge in [0.2, 0.25) is 5.91 Å². The van der Waals surface area contributed by atoms with Gasteiger partial charge in [0, 0.05) is 19.2 Å². The molecule has 1 aromatic rings. The molecule has 0 saturated heterocycles. The van der Waals surface area contributed by atoms with Crippen molar-refractivity contribution in [2.45, 2.75) is 38.7 Å². The number of benzene rings is 1. The third kappa shape index (κ3) is 4.70. The number of anilines is 1. The number of allylic oxidation sites excluding steroid dienone is 1. The zero-order chi connectivity index (χ0) is 15.9. The maximum absolute atomic E-state index is 12.1. The number of aromatic carboxylic acids is 1. The number of hydrogen-bond donors (Lipinski definition) is 2. The van der Waals surface area contributed by atoms with E-state index >= 15 is 0 Å². The van der Waals surface area contributed by atoms with Crippen LogP contribution in [0.25, 0.3) is 0 Å². The number of carbonyl (C=O) groups excluding carboxylic acids is 1. The highest BCUT2D eigenvalue weighted by Crippen LogP contribution is 2.21. The first kappa shape index (κ1) is 16.2. The molecular formula is C17H21NO4. The topological polar surface area (TPSA) is 75.6 Å². The molecule has 0 spiro atoms. The Morgan fingerprint density at radius 3 is 2.73 bits per heavy atom. The minimum atomic E-state index is -1.02. The van der Waals surface area contributed by atoms with Crippen molar-refractivity contribution in [3.05, 3.63) is 41.0 Å². The van der Waals surface area contributed by atoms with Gasteiger partial charge in [0.25, 0.3) is 0 Å². The zero-order valence-corrected chi connectivity index (χ0v) is 12.7. The van der Waals surface area contributed by atoms with Crippen LogP contribution in [0.1, 0.15) is 48.0 Å². The van der Waals surface area contributed by atoms with Crippen LogP contribution in [0, 0.1) is 0 Å². The second-order valence-corrected chi connectivity index (χ2v) is 5.49. The largest absolute Gasteiger partial charge is 0.478 e.